The lowest BCUT2D eigenvalue weighted by molar-refractivity contribution is -0.112. The Balaban J connectivity index is 1.65. The largest absolute Gasteiger partial charge is 0.492 e. The minimum absolute atomic E-state index is 0.238. The summed E-state index contributed by atoms with van der Waals surface area (Å²) in [5, 5.41) is 9.02. The van der Waals surface area contributed by atoms with E-state index >= 15 is 0 Å². The number of carbonyl (C=O) groups excluding carboxylic acids is 2. The third-order valence-electron chi connectivity index (χ3n) is 6.13. The molecule has 0 aliphatic rings. The fraction of sp³-hybridized carbons (Fsp3) is 0.300. The van der Waals surface area contributed by atoms with Gasteiger partial charge in [0.15, 0.2) is 0 Å². The average molecular weight is 499 g/mol. The van der Waals surface area contributed by atoms with Crippen LogP contribution in [0, 0.1) is 6.92 Å². The molecule has 1 amide bonds. The Morgan fingerprint density at radius 2 is 1.65 bits per heavy atom. The van der Waals surface area contributed by atoms with Gasteiger partial charge in [0.2, 0.25) is 0 Å². The number of Topliss-reactive ketones (excluding diaryl/α,β-unsaturated/α-hetero) is 1. The number of nitrogens with zero attached hydrogens (tertiary/aromatic N) is 3. The second-order valence-electron chi connectivity index (χ2n) is 10.5. The Labute approximate surface area is 218 Å². The van der Waals surface area contributed by atoms with E-state index in [4.69, 9.17) is 9.84 Å². The number of ether oxygens (including phenoxy) is 1. The highest BCUT2D eigenvalue weighted by atomic mass is 16.5. The van der Waals surface area contributed by atoms with Crippen LogP contribution in [0.1, 0.15) is 42.4 Å². The summed E-state index contributed by atoms with van der Waals surface area (Å²) < 4.78 is 7.64. The first-order valence-corrected chi connectivity index (χ1v) is 12.4. The van der Waals surface area contributed by atoms with E-state index in [1.807, 2.05) is 80.5 Å². The molecule has 0 saturated heterocycles. The van der Waals surface area contributed by atoms with Crippen LogP contribution in [0.3, 0.4) is 0 Å². The summed E-state index contributed by atoms with van der Waals surface area (Å²) in [5.74, 6) is -0.216. The number of benzene rings is 3. The van der Waals surface area contributed by atoms with Crippen LogP contribution in [0.15, 0.2) is 66.7 Å². The van der Waals surface area contributed by atoms with Gasteiger partial charge in [0, 0.05) is 29.0 Å². The Bertz CT molecular complexity index is 1430. The topological polar surface area (TPSA) is 76.5 Å². The number of rotatable bonds is 8. The fourth-order valence-electron chi connectivity index (χ4n) is 3.95. The molecule has 0 fully saturated rings. The number of hydrogen-bond acceptors (Lipinski definition) is 5. The quantitative estimate of drug-likeness (QED) is 0.260. The molecule has 1 aromatic heterocycles. The standard InChI is InChI=1S/C30H34N4O3/c1-20-11-13-21(14-12-20)34-27(19-26(32-34)30(2,3)4)31-29(36)28(35)24-15-16-25(37-18-17-33(5)6)23-10-8-7-9-22(23)24/h7-16,19H,17-18H2,1-6H3,(H,31,36). The van der Waals surface area contributed by atoms with Gasteiger partial charge in [-0.3, -0.25) is 9.59 Å². The molecule has 0 saturated carbocycles. The van der Waals surface area contributed by atoms with Gasteiger partial charge in [0.1, 0.15) is 18.2 Å². The molecule has 7 heteroatoms. The SMILES string of the molecule is Cc1ccc(-n2nc(C(C)(C)C)cc2NC(=O)C(=O)c2ccc(OCCN(C)C)c3ccccc23)cc1. The van der Waals surface area contributed by atoms with Crippen molar-refractivity contribution in [3.05, 3.63) is 83.6 Å². The number of hydrogen-bond donors (Lipinski definition) is 1. The maximum Gasteiger partial charge on any atom is 0.297 e. The summed E-state index contributed by atoms with van der Waals surface area (Å²) in [5.41, 5.74) is 2.81. The summed E-state index contributed by atoms with van der Waals surface area (Å²) in [4.78, 5) is 28.7. The van der Waals surface area contributed by atoms with Gasteiger partial charge in [-0.25, -0.2) is 4.68 Å². The molecule has 0 spiro atoms. The first kappa shape index (κ1) is 26.1. The van der Waals surface area contributed by atoms with Crippen molar-refractivity contribution in [1.29, 1.82) is 0 Å². The minimum atomic E-state index is -0.722. The highest BCUT2D eigenvalue weighted by Crippen LogP contribution is 2.30. The maximum absolute atomic E-state index is 13.4. The molecule has 3 aromatic carbocycles. The summed E-state index contributed by atoms with van der Waals surface area (Å²) in [6.07, 6.45) is 0. The number of nitrogens with one attached hydrogen (secondary N) is 1. The fourth-order valence-corrected chi connectivity index (χ4v) is 3.95. The van der Waals surface area contributed by atoms with Crippen LogP contribution in [-0.2, 0) is 10.2 Å². The molecule has 0 atom stereocenters. The van der Waals surface area contributed by atoms with Gasteiger partial charge in [0.05, 0.1) is 11.4 Å². The molecule has 7 nitrogen and oxygen atoms in total. The highest BCUT2D eigenvalue weighted by molar-refractivity contribution is 6.48. The third kappa shape index (κ3) is 5.89. The second-order valence-corrected chi connectivity index (χ2v) is 10.5. The first-order chi connectivity index (χ1) is 17.5. The van der Waals surface area contributed by atoms with E-state index < -0.39 is 11.7 Å². The van der Waals surface area contributed by atoms with Crippen LogP contribution >= 0.6 is 0 Å². The molecule has 0 radical (unpaired) electrons. The van der Waals surface area contributed by atoms with E-state index in [2.05, 4.69) is 26.1 Å². The number of aryl methyl sites for hydroxylation is 1. The zero-order chi connectivity index (χ0) is 26.7. The molecular weight excluding hydrogens is 464 g/mol. The molecule has 0 unspecified atom stereocenters. The smallest absolute Gasteiger partial charge is 0.297 e. The van der Waals surface area contributed by atoms with Gasteiger partial charge >= 0.3 is 0 Å². The number of anilines is 1. The van der Waals surface area contributed by atoms with Crippen molar-refractivity contribution in [3.8, 4) is 11.4 Å². The monoisotopic (exact) mass is 498 g/mol. The Morgan fingerprint density at radius 3 is 2.30 bits per heavy atom. The zero-order valence-electron chi connectivity index (χ0n) is 22.3. The molecule has 192 valence electrons. The molecular formula is C30H34N4O3. The Morgan fingerprint density at radius 1 is 0.973 bits per heavy atom. The molecule has 0 aliphatic heterocycles. The summed E-state index contributed by atoms with van der Waals surface area (Å²) in [6.45, 7) is 9.46. The first-order valence-electron chi connectivity index (χ1n) is 12.4. The lowest BCUT2D eigenvalue weighted by atomic mass is 9.92. The maximum atomic E-state index is 13.4. The van der Waals surface area contributed by atoms with E-state index in [-0.39, 0.29) is 5.41 Å². The van der Waals surface area contributed by atoms with Crippen molar-refractivity contribution >= 4 is 28.3 Å². The van der Waals surface area contributed by atoms with Gasteiger partial charge in [0.25, 0.3) is 11.7 Å². The lowest BCUT2D eigenvalue weighted by Crippen LogP contribution is -2.24. The van der Waals surface area contributed by atoms with Crippen LogP contribution < -0.4 is 10.1 Å². The highest BCUT2D eigenvalue weighted by Gasteiger charge is 2.25. The van der Waals surface area contributed by atoms with E-state index in [0.717, 1.165) is 28.9 Å². The number of carbonyl (C=O) groups is 2. The van der Waals surface area contributed by atoms with Gasteiger partial charge in [-0.15, -0.1) is 0 Å². The summed E-state index contributed by atoms with van der Waals surface area (Å²) in [6, 6.07) is 20.6. The van der Waals surface area contributed by atoms with Crippen molar-refractivity contribution in [1.82, 2.24) is 14.7 Å². The van der Waals surface area contributed by atoms with Gasteiger partial charge in [-0.1, -0.05) is 62.7 Å². The van der Waals surface area contributed by atoms with Crippen LogP contribution in [-0.4, -0.2) is 53.6 Å². The molecule has 37 heavy (non-hydrogen) atoms. The van der Waals surface area contributed by atoms with Gasteiger partial charge in [-0.05, 0) is 50.7 Å². The molecule has 4 rings (SSSR count). The number of likely N-dealkylation sites (N-methyl/N-ethyl adjacent to an activating group) is 1. The molecule has 0 aliphatic carbocycles. The number of amides is 1. The second kappa shape index (κ2) is 10.6. The van der Waals surface area contributed by atoms with Crippen molar-refractivity contribution in [2.45, 2.75) is 33.1 Å². The molecule has 1 N–H and O–H groups in total. The van der Waals surface area contributed by atoms with Gasteiger partial charge < -0.3 is 15.0 Å². The van der Waals surface area contributed by atoms with Crippen molar-refractivity contribution in [2.75, 3.05) is 32.6 Å². The molecule has 0 bridgehead atoms. The number of fused-ring (bicyclic) bond motifs is 1. The Kier molecular flexibility index (Phi) is 7.45. The summed E-state index contributed by atoms with van der Waals surface area (Å²) in [7, 11) is 3.97. The predicted molar refractivity (Wildman–Crippen MR) is 148 cm³/mol. The summed E-state index contributed by atoms with van der Waals surface area (Å²) >= 11 is 0. The van der Waals surface area contributed by atoms with E-state index in [9.17, 15) is 9.59 Å². The Hall–Kier alpha value is -3.97. The van der Waals surface area contributed by atoms with E-state index in [1.54, 1.807) is 16.8 Å². The van der Waals surface area contributed by atoms with Crippen molar-refractivity contribution < 1.29 is 14.3 Å². The van der Waals surface area contributed by atoms with Crippen LogP contribution in [0.2, 0.25) is 0 Å². The average Bonchev–Trinajstić information content (AvgIpc) is 3.28. The lowest BCUT2D eigenvalue weighted by Gasteiger charge is -2.14. The van der Waals surface area contributed by atoms with Gasteiger partial charge in [-0.2, -0.15) is 5.10 Å². The van der Waals surface area contributed by atoms with Crippen LogP contribution in [0.4, 0.5) is 5.82 Å². The van der Waals surface area contributed by atoms with E-state index in [1.165, 1.54) is 0 Å². The normalized spacial score (nSPS) is 11.6. The van der Waals surface area contributed by atoms with Crippen molar-refractivity contribution in [2.24, 2.45) is 0 Å². The zero-order valence-corrected chi connectivity index (χ0v) is 22.3. The number of aromatic nitrogens is 2. The van der Waals surface area contributed by atoms with Crippen LogP contribution in [0.25, 0.3) is 16.5 Å². The minimum Gasteiger partial charge on any atom is -0.492 e. The van der Waals surface area contributed by atoms with Crippen LogP contribution in [0.5, 0.6) is 5.75 Å². The third-order valence-corrected chi connectivity index (χ3v) is 6.13. The predicted octanol–water partition coefficient (Wildman–Crippen LogP) is 5.39. The number of ketones is 1. The van der Waals surface area contributed by atoms with Crippen molar-refractivity contribution in [3.63, 3.8) is 0 Å². The molecule has 1 heterocycles. The molecule has 4 aromatic rings. The van der Waals surface area contributed by atoms with E-state index in [0.29, 0.717) is 29.1 Å².